The standard InChI is InChI=1S/C22H24N2O2S.CH4O2S/c1-16-7-8-17(2)22(15-16)27(25,26)21-10-9-20(24-13-11-23-12-14-24)18-5-3-4-6-19(18)21;1-4(2)3/h3-10,15,23H,11-14H2,1-2H3;1H3,(H,2,3). The number of rotatable bonds is 3. The van der Waals surface area contributed by atoms with Gasteiger partial charge in [0.15, 0.2) is 0 Å². The number of hydrogen-bond donors (Lipinski definition) is 2. The quantitative estimate of drug-likeness (QED) is 0.582. The minimum Gasteiger partial charge on any atom is -0.368 e. The van der Waals surface area contributed by atoms with Crippen molar-refractivity contribution in [2.45, 2.75) is 23.6 Å². The minimum absolute atomic E-state index is 0.380. The van der Waals surface area contributed by atoms with Gasteiger partial charge >= 0.3 is 0 Å². The summed E-state index contributed by atoms with van der Waals surface area (Å²) in [4.78, 5) is 3.10. The predicted molar refractivity (Wildman–Crippen MR) is 127 cm³/mol. The fraction of sp³-hybridized carbons (Fsp3) is 0.304. The Bertz CT molecular complexity index is 1200. The Kier molecular flexibility index (Phi) is 7.48. The van der Waals surface area contributed by atoms with Gasteiger partial charge < -0.3 is 14.8 Å². The molecule has 1 unspecified atom stereocenters. The van der Waals surface area contributed by atoms with Crippen LogP contribution in [0, 0.1) is 13.8 Å². The molecule has 3 aromatic rings. The Morgan fingerprint density at radius 1 is 0.935 bits per heavy atom. The summed E-state index contributed by atoms with van der Waals surface area (Å²) < 4.78 is 43.6. The maximum atomic E-state index is 13.5. The average Bonchev–Trinajstić information content (AvgIpc) is 2.74. The fourth-order valence-corrected chi connectivity index (χ4v) is 5.57. The van der Waals surface area contributed by atoms with Gasteiger partial charge in [-0.2, -0.15) is 0 Å². The molecule has 0 bridgehead atoms. The van der Waals surface area contributed by atoms with Crippen molar-refractivity contribution >= 4 is 37.4 Å². The molecule has 1 aliphatic heterocycles. The van der Waals surface area contributed by atoms with Crippen molar-refractivity contribution in [1.82, 2.24) is 5.32 Å². The Morgan fingerprint density at radius 2 is 1.55 bits per heavy atom. The lowest BCUT2D eigenvalue weighted by Gasteiger charge is -2.30. The largest absolute Gasteiger partial charge is 0.368 e. The first kappa shape index (κ1) is 23.4. The number of hydrogen-bond acceptors (Lipinski definition) is 5. The summed E-state index contributed by atoms with van der Waals surface area (Å²) in [6.07, 6.45) is 1.19. The van der Waals surface area contributed by atoms with E-state index in [1.807, 2.05) is 56.3 Å². The van der Waals surface area contributed by atoms with Gasteiger partial charge in [0, 0.05) is 48.9 Å². The number of fused-ring (bicyclic) bond motifs is 1. The number of piperazine rings is 1. The zero-order valence-corrected chi connectivity index (χ0v) is 19.6. The minimum atomic E-state index is -3.60. The third kappa shape index (κ3) is 5.33. The molecule has 1 fully saturated rings. The second-order valence-corrected chi connectivity index (χ2v) is 10.3. The van der Waals surface area contributed by atoms with Gasteiger partial charge in [0.05, 0.1) is 9.79 Å². The van der Waals surface area contributed by atoms with Crippen LogP contribution in [0.25, 0.3) is 10.8 Å². The van der Waals surface area contributed by atoms with Crippen molar-refractivity contribution in [1.29, 1.82) is 0 Å². The smallest absolute Gasteiger partial charge is 0.207 e. The zero-order valence-electron chi connectivity index (χ0n) is 18.0. The van der Waals surface area contributed by atoms with E-state index >= 15 is 0 Å². The summed E-state index contributed by atoms with van der Waals surface area (Å²) in [5.74, 6) is 0. The molecule has 2 N–H and O–H groups in total. The molecule has 166 valence electrons. The third-order valence-corrected chi connectivity index (χ3v) is 7.20. The highest BCUT2D eigenvalue weighted by Crippen LogP contribution is 2.35. The van der Waals surface area contributed by atoms with Crippen LogP contribution in [0.4, 0.5) is 5.69 Å². The summed E-state index contributed by atoms with van der Waals surface area (Å²) >= 11 is -1.61. The number of anilines is 1. The van der Waals surface area contributed by atoms with Crippen LogP contribution < -0.4 is 10.2 Å². The van der Waals surface area contributed by atoms with Crippen LogP contribution in [0.15, 0.2) is 64.4 Å². The van der Waals surface area contributed by atoms with Gasteiger partial charge in [0.2, 0.25) is 9.84 Å². The molecule has 0 radical (unpaired) electrons. The lowest BCUT2D eigenvalue weighted by atomic mass is 10.1. The van der Waals surface area contributed by atoms with Gasteiger partial charge in [-0.05, 0) is 43.2 Å². The van der Waals surface area contributed by atoms with E-state index in [0.717, 1.165) is 53.8 Å². The fourth-order valence-electron chi connectivity index (χ4n) is 3.79. The molecule has 6 nitrogen and oxygen atoms in total. The summed E-state index contributed by atoms with van der Waals surface area (Å²) in [5.41, 5.74) is 2.82. The lowest BCUT2D eigenvalue weighted by molar-refractivity contribution is 0.571. The van der Waals surface area contributed by atoms with E-state index in [1.165, 1.54) is 6.26 Å². The molecular formula is C23H28N2O4S2. The Morgan fingerprint density at radius 3 is 2.19 bits per heavy atom. The first-order valence-electron chi connectivity index (χ1n) is 10.0. The van der Waals surface area contributed by atoms with Crippen molar-refractivity contribution in [3.8, 4) is 0 Å². The van der Waals surface area contributed by atoms with Crippen LogP contribution in [0.1, 0.15) is 11.1 Å². The predicted octanol–water partition coefficient (Wildman–Crippen LogP) is 3.54. The molecule has 0 spiro atoms. The number of sulfone groups is 1. The molecule has 3 aromatic carbocycles. The van der Waals surface area contributed by atoms with Crippen molar-refractivity contribution in [2.75, 3.05) is 37.3 Å². The Labute approximate surface area is 186 Å². The third-order valence-electron chi connectivity index (χ3n) is 5.24. The van der Waals surface area contributed by atoms with E-state index in [2.05, 4.69) is 10.2 Å². The molecular weight excluding hydrogens is 432 g/mol. The lowest BCUT2D eigenvalue weighted by Crippen LogP contribution is -2.43. The SMILES string of the molecule is CS(=O)O.Cc1ccc(C)c(S(=O)(=O)c2ccc(N3CCNCC3)c3ccccc23)c1. The molecule has 0 amide bonds. The molecule has 4 rings (SSSR count). The second-order valence-electron chi connectivity index (χ2n) is 7.56. The molecule has 1 atom stereocenters. The van der Waals surface area contributed by atoms with Crippen molar-refractivity contribution in [2.24, 2.45) is 0 Å². The van der Waals surface area contributed by atoms with Crippen LogP contribution in [-0.2, 0) is 20.9 Å². The Balaban J connectivity index is 0.000000628. The van der Waals surface area contributed by atoms with Crippen LogP contribution >= 0.6 is 0 Å². The van der Waals surface area contributed by atoms with E-state index in [1.54, 1.807) is 12.1 Å². The van der Waals surface area contributed by atoms with Crippen LogP contribution in [-0.4, -0.2) is 49.6 Å². The topological polar surface area (TPSA) is 86.7 Å². The van der Waals surface area contributed by atoms with Crippen LogP contribution in [0.3, 0.4) is 0 Å². The number of nitrogens with zero attached hydrogens (tertiary/aromatic N) is 1. The zero-order chi connectivity index (χ0) is 22.6. The Hall–Kier alpha value is -2.26. The van der Waals surface area contributed by atoms with E-state index in [0.29, 0.717) is 9.79 Å². The normalized spacial score (nSPS) is 15.3. The molecule has 0 saturated carbocycles. The molecule has 8 heteroatoms. The van der Waals surface area contributed by atoms with Gasteiger partial charge in [0.25, 0.3) is 0 Å². The average molecular weight is 461 g/mol. The molecule has 31 heavy (non-hydrogen) atoms. The number of nitrogens with one attached hydrogen (secondary N) is 1. The highest BCUT2D eigenvalue weighted by atomic mass is 32.2. The van der Waals surface area contributed by atoms with Gasteiger partial charge in [-0.15, -0.1) is 0 Å². The van der Waals surface area contributed by atoms with E-state index in [9.17, 15) is 8.42 Å². The van der Waals surface area contributed by atoms with E-state index in [-0.39, 0.29) is 0 Å². The van der Waals surface area contributed by atoms with E-state index < -0.39 is 20.9 Å². The summed E-state index contributed by atoms with van der Waals surface area (Å²) in [6, 6.07) is 17.1. The van der Waals surface area contributed by atoms with Gasteiger partial charge in [-0.25, -0.2) is 12.6 Å². The summed E-state index contributed by atoms with van der Waals surface area (Å²) in [5, 5.41) is 5.14. The number of aryl methyl sites for hydroxylation is 2. The van der Waals surface area contributed by atoms with Gasteiger partial charge in [0.1, 0.15) is 11.1 Å². The molecule has 1 saturated heterocycles. The maximum Gasteiger partial charge on any atom is 0.207 e. The first-order chi connectivity index (χ1) is 14.7. The number of benzene rings is 3. The van der Waals surface area contributed by atoms with Crippen molar-refractivity contribution in [3.63, 3.8) is 0 Å². The summed E-state index contributed by atoms with van der Waals surface area (Å²) in [7, 11) is -3.60. The van der Waals surface area contributed by atoms with E-state index in [4.69, 9.17) is 8.76 Å². The van der Waals surface area contributed by atoms with Gasteiger partial charge in [-0.3, -0.25) is 0 Å². The highest BCUT2D eigenvalue weighted by Gasteiger charge is 2.24. The van der Waals surface area contributed by atoms with Gasteiger partial charge in [-0.1, -0.05) is 36.4 Å². The first-order valence-corrected chi connectivity index (χ1v) is 13.0. The van der Waals surface area contributed by atoms with Crippen LogP contribution in [0.5, 0.6) is 0 Å². The van der Waals surface area contributed by atoms with Crippen molar-refractivity contribution in [3.05, 3.63) is 65.7 Å². The van der Waals surface area contributed by atoms with Crippen molar-refractivity contribution < 1.29 is 17.2 Å². The molecule has 1 aliphatic rings. The maximum absolute atomic E-state index is 13.5. The molecule has 0 aromatic heterocycles. The van der Waals surface area contributed by atoms with Crippen LogP contribution in [0.2, 0.25) is 0 Å². The highest BCUT2D eigenvalue weighted by molar-refractivity contribution is 7.91. The second kappa shape index (κ2) is 9.91. The molecule has 1 heterocycles. The monoisotopic (exact) mass is 460 g/mol. The summed E-state index contributed by atoms with van der Waals surface area (Å²) in [6.45, 7) is 7.50. The molecule has 0 aliphatic carbocycles.